The summed E-state index contributed by atoms with van der Waals surface area (Å²) < 4.78 is 0. The Labute approximate surface area is 118 Å². The standard InChI is InChI=1S/C15H18ClN3/c16-12-8-6-11(7-9-12)14-13(15(17)19-18-14)10-4-2-1-3-5-10/h6-10H,1-5H2,(H3,17,18,19). The van der Waals surface area contributed by atoms with Crippen molar-refractivity contribution in [1.82, 2.24) is 10.2 Å². The molecule has 1 aliphatic rings. The van der Waals surface area contributed by atoms with Crippen molar-refractivity contribution in [2.24, 2.45) is 0 Å². The Balaban J connectivity index is 1.99. The van der Waals surface area contributed by atoms with Crippen LogP contribution >= 0.6 is 11.6 Å². The van der Waals surface area contributed by atoms with Crippen LogP contribution in [0.25, 0.3) is 11.3 Å². The molecule has 1 heterocycles. The first-order valence-corrected chi connectivity index (χ1v) is 7.23. The predicted molar refractivity (Wildman–Crippen MR) is 79.3 cm³/mol. The van der Waals surface area contributed by atoms with Crippen LogP contribution in [0.5, 0.6) is 0 Å². The minimum Gasteiger partial charge on any atom is -0.382 e. The van der Waals surface area contributed by atoms with Crippen molar-refractivity contribution in [2.45, 2.75) is 38.0 Å². The lowest BCUT2D eigenvalue weighted by Crippen LogP contribution is -2.07. The second-order valence-electron chi connectivity index (χ2n) is 5.24. The van der Waals surface area contributed by atoms with Crippen molar-refractivity contribution in [3.8, 4) is 11.3 Å². The van der Waals surface area contributed by atoms with Gasteiger partial charge in [-0.2, -0.15) is 5.10 Å². The van der Waals surface area contributed by atoms with Crippen LogP contribution in [-0.4, -0.2) is 10.2 Å². The molecule has 4 heteroatoms. The van der Waals surface area contributed by atoms with E-state index in [4.69, 9.17) is 17.3 Å². The highest BCUT2D eigenvalue weighted by Gasteiger charge is 2.23. The molecule has 0 radical (unpaired) electrons. The average molecular weight is 276 g/mol. The number of hydrogen-bond acceptors (Lipinski definition) is 2. The molecular formula is C15H18ClN3. The van der Waals surface area contributed by atoms with Crippen molar-refractivity contribution in [1.29, 1.82) is 0 Å². The summed E-state index contributed by atoms with van der Waals surface area (Å²) in [5.74, 6) is 1.19. The highest BCUT2D eigenvalue weighted by Crippen LogP contribution is 2.40. The first-order valence-electron chi connectivity index (χ1n) is 6.85. The second kappa shape index (κ2) is 5.25. The number of nitrogens with one attached hydrogen (secondary N) is 1. The number of nitrogens with two attached hydrogens (primary N) is 1. The Kier molecular flexibility index (Phi) is 3.47. The van der Waals surface area contributed by atoms with Crippen molar-refractivity contribution in [3.05, 3.63) is 34.9 Å². The Hall–Kier alpha value is -1.48. The van der Waals surface area contributed by atoms with Gasteiger partial charge < -0.3 is 5.73 Å². The average Bonchev–Trinajstić information content (AvgIpc) is 2.82. The van der Waals surface area contributed by atoms with Crippen LogP contribution in [-0.2, 0) is 0 Å². The van der Waals surface area contributed by atoms with Gasteiger partial charge in [-0.05, 0) is 36.5 Å². The van der Waals surface area contributed by atoms with Gasteiger partial charge in [0.05, 0.1) is 5.69 Å². The number of anilines is 1. The van der Waals surface area contributed by atoms with Crippen LogP contribution in [0.15, 0.2) is 24.3 Å². The molecule has 0 saturated heterocycles. The number of nitrogen functional groups attached to an aromatic ring is 1. The molecule has 100 valence electrons. The predicted octanol–water partition coefficient (Wildman–Crippen LogP) is 4.36. The first kappa shape index (κ1) is 12.5. The van der Waals surface area contributed by atoms with E-state index in [1.807, 2.05) is 24.3 Å². The summed E-state index contributed by atoms with van der Waals surface area (Å²) in [5, 5.41) is 8.05. The zero-order valence-corrected chi connectivity index (χ0v) is 11.6. The topological polar surface area (TPSA) is 54.7 Å². The van der Waals surface area contributed by atoms with Crippen molar-refractivity contribution < 1.29 is 0 Å². The van der Waals surface area contributed by atoms with E-state index in [-0.39, 0.29) is 0 Å². The number of rotatable bonds is 2. The molecule has 1 aromatic carbocycles. The van der Waals surface area contributed by atoms with E-state index >= 15 is 0 Å². The maximum atomic E-state index is 6.07. The summed E-state index contributed by atoms with van der Waals surface area (Å²) in [7, 11) is 0. The Morgan fingerprint density at radius 2 is 1.79 bits per heavy atom. The summed E-state index contributed by atoms with van der Waals surface area (Å²) >= 11 is 5.94. The number of hydrogen-bond donors (Lipinski definition) is 2. The SMILES string of the molecule is Nc1n[nH]c(-c2ccc(Cl)cc2)c1C1CCCCC1. The third-order valence-electron chi connectivity index (χ3n) is 3.98. The number of aromatic amines is 1. The fraction of sp³-hybridized carbons (Fsp3) is 0.400. The fourth-order valence-electron chi connectivity index (χ4n) is 3.01. The van der Waals surface area contributed by atoms with Crippen LogP contribution < -0.4 is 5.73 Å². The molecule has 19 heavy (non-hydrogen) atoms. The summed E-state index contributed by atoms with van der Waals surface area (Å²) in [4.78, 5) is 0. The number of aromatic nitrogens is 2. The minimum absolute atomic E-state index is 0.540. The summed E-state index contributed by atoms with van der Waals surface area (Å²) in [5.41, 5.74) is 9.43. The Bertz CT molecular complexity index is 553. The lowest BCUT2D eigenvalue weighted by atomic mass is 9.83. The van der Waals surface area contributed by atoms with E-state index in [1.54, 1.807) is 0 Å². The molecule has 0 unspecified atom stereocenters. The van der Waals surface area contributed by atoms with E-state index in [2.05, 4.69) is 10.2 Å². The van der Waals surface area contributed by atoms with Crippen molar-refractivity contribution >= 4 is 17.4 Å². The molecule has 1 fully saturated rings. The quantitative estimate of drug-likeness (QED) is 0.855. The number of benzene rings is 1. The number of nitrogens with zero attached hydrogens (tertiary/aromatic N) is 1. The van der Waals surface area contributed by atoms with Gasteiger partial charge in [0.1, 0.15) is 5.82 Å². The van der Waals surface area contributed by atoms with E-state index in [9.17, 15) is 0 Å². The molecule has 1 aromatic heterocycles. The largest absolute Gasteiger partial charge is 0.382 e. The van der Waals surface area contributed by atoms with Gasteiger partial charge in [0.2, 0.25) is 0 Å². The molecule has 0 spiro atoms. The van der Waals surface area contributed by atoms with E-state index in [1.165, 1.54) is 37.7 Å². The minimum atomic E-state index is 0.540. The lowest BCUT2D eigenvalue weighted by molar-refractivity contribution is 0.445. The van der Waals surface area contributed by atoms with Crippen LogP contribution in [0.1, 0.15) is 43.6 Å². The molecule has 3 N–H and O–H groups in total. The second-order valence-corrected chi connectivity index (χ2v) is 5.68. The van der Waals surface area contributed by atoms with Gasteiger partial charge in [-0.1, -0.05) is 43.0 Å². The summed E-state index contributed by atoms with van der Waals surface area (Å²) in [6.07, 6.45) is 6.34. The molecule has 1 saturated carbocycles. The first-order chi connectivity index (χ1) is 9.25. The van der Waals surface area contributed by atoms with Gasteiger partial charge in [0.15, 0.2) is 0 Å². The number of halogens is 1. The molecular weight excluding hydrogens is 258 g/mol. The normalized spacial score (nSPS) is 16.7. The molecule has 3 rings (SSSR count). The maximum Gasteiger partial charge on any atom is 0.149 e. The van der Waals surface area contributed by atoms with Crippen molar-refractivity contribution in [2.75, 3.05) is 5.73 Å². The van der Waals surface area contributed by atoms with Gasteiger partial charge in [-0.25, -0.2) is 0 Å². The van der Waals surface area contributed by atoms with E-state index < -0.39 is 0 Å². The molecule has 3 nitrogen and oxygen atoms in total. The monoisotopic (exact) mass is 275 g/mol. The highest BCUT2D eigenvalue weighted by atomic mass is 35.5. The Morgan fingerprint density at radius 1 is 1.11 bits per heavy atom. The summed E-state index contributed by atoms with van der Waals surface area (Å²) in [6.45, 7) is 0. The third-order valence-corrected chi connectivity index (χ3v) is 4.23. The van der Waals surface area contributed by atoms with Gasteiger partial charge in [-0.3, -0.25) is 5.10 Å². The molecule has 2 aromatic rings. The van der Waals surface area contributed by atoms with Gasteiger partial charge in [0.25, 0.3) is 0 Å². The smallest absolute Gasteiger partial charge is 0.149 e. The summed E-state index contributed by atoms with van der Waals surface area (Å²) in [6, 6.07) is 7.83. The van der Waals surface area contributed by atoms with Crippen LogP contribution in [0.3, 0.4) is 0 Å². The fourth-order valence-corrected chi connectivity index (χ4v) is 3.13. The van der Waals surface area contributed by atoms with Crippen LogP contribution in [0.4, 0.5) is 5.82 Å². The van der Waals surface area contributed by atoms with Gasteiger partial charge in [-0.15, -0.1) is 0 Å². The zero-order chi connectivity index (χ0) is 13.2. The van der Waals surface area contributed by atoms with Gasteiger partial charge >= 0.3 is 0 Å². The highest BCUT2D eigenvalue weighted by molar-refractivity contribution is 6.30. The van der Waals surface area contributed by atoms with Gasteiger partial charge in [0, 0.05) is 10.6 Å². The molecule has 1 aliphatic carbocycles. The number of H-pyrrole nitrogens is 1. The molecule has 0 aliphatic heterocycles. The molecule has 0 amide bonds. The van der Waals surface area contributed by atoms with E-state index in [0.717, 1.165) is 16.3 Å². The van der Waals surface area contributed by atoms with Crippen molar-refractivity contribution in [3.63, 3.8) is 0 Å². The zero-order valence-electron chi connectivity index (χ0n) is 10.8. The Morgan fingerprint density at radius 3 is 2.47 bits per heavy atom. The lowest BCUT2D eigenvalue weighted by Gasteiger charge is -2.22. The third kappa shape index (κ3) is 2.47. The maximum absolute atomic E-state index is 6.07. The van der Waals surface area contributed by atoms with E-state index in [0.29, 0.717) is 11.7 Å². The van der Waals surface area contributed by atoms with Crippen LogP contribution in [0.2, 0.25) is 5.02 Å². The molecule has 0 bridgehead atoms. The molecule has 0 atom stereocenters. The van der Waals surface area contributed by atoms with Crippen LogP contribution in [0, 0.1) is 0 Å².